The number of fused-ring (bicyclic) bond motifs is 4. The van der Waals surface area contributed by atoms with E-state index in [1.165, 1.54) is 16.9 Å². The van der Waals surface area contributed by atoms with Crippen LogP contribution in [0.15, 0.2) is 48.5 Å². The molecule has 3 atom stereocenters. The normalized spacial score (nSPS) is 20.8. The Morgan fingerprint density at radius 3 is 2.36 bits per heavy atom. The largest absolute Gasteiger partial charge is 0.445 e. The molecule has 248 valence electrons. The summed E-state index contributed by atoms with van der Waals surface area (Å²) >= 11 is 0. The van der Waals surface area contributed by atoms with Gasteiger partial charge >= 0.3 is 12.2 Å². The summed E-state index contributed by atoms with van der Waals surface area (Å²) in [6.45, 7) is 6.24. The van der Waals surface area contributed by atoms with E-state index >= 15 is 0 Å². The summed E-state index contributed by atoms with van der Waals surface area (Å²) < 4.78 is 32.8. The number of ether oxygens (including phenoxy) is 6. The summed E-state index contributed by atoms with van der Waals surface area (Å²) in [6, 6.07) is 15.6. The topological polar surface area (TPSA) is 105 Å². The van der Waals surface area contributed by atoms with Crippen molar-refractivity contribution >= 4 is 12.2 Å². The molecule has 0 heterocycles. The lowest BCUT2D eigenvalue weighted by atomic mass is 9.59. The van der Waals surface area contributed by atoms with Gasteiger partial charge in [0.05, 0.1) is 46.2 Å². The molecule has 2 aromatic rings. The average molecular weight is 627 g/mol. The molecule has 0 saturated heterocycles. The van der Waals surface area contributed by atoms with Gasteiger partial charge in [-0.15, -0.1) is 0 Å². The van der Waals surface area contributed by atoms with Gasteiger partial charge in [-0.1, -0.05) is 62.6 Å². The van der Waals surface area contributed by atoms with Crippen LogP contribution in [0.5, 0.6) is 5.75 Å². The number of rotatable bonds is 16. The number of nitrogens with zero attached hydrogens (tertiary/aromatic N) is 1. The van der Waals surface area contributed by atoms with Crippen LogP contribution in [0.25, 0.3) is 0 Å². The molecule has 2 bridgehead atoms. The van der Waals surface area contributed by atoms with Gasteiger partial charge in [0.25, 0.3) is 0 Å². The van der Waals surface area contributed by atoms with E-state index in [-0.39, 0.29) is 18.1 Å². The maximum atomic E-state index is 13.0. The molecule has 0 radical (unpaired) electrons. The van der Waals surface area contributed by atoms with Gasteiger partial charge in [0, 0.05) is 32.2 Å². The number of carbonyl (C=O) groups excluding carboxylic acids is 2. The van der Waals surface area contributed by atoms with Gasteiger partial charge < -0.3 is 38.6 Å². The Bertz CT molecular complexity index is 1200. The van der Waals surface area contributed by atoms with Crippen LogP contribution in [-0.2, 0) is 42.1 Å². The van der Waals surface area contributed by atoms with Crippen molar-refractivity contribution < 1.29 is 38.0 Å². The first-order valence-corrected chi connectivity index (χ1v) is 16.2. The minimum Gasteiger partial charge on any atom is -0.445 e. The molecule has 1 saturated carbocycles. The smallest absolute Gasteiger partial charge is 0.415 e. The highest BCUT2D eigenvalue weighted by Crippen LogP contribution is 2.47. The minimum absolute atomic E-state index is 0.0773. The van der Waals surface area contributed by atoms with E-state index < -0.39 is 12.2 Å². The highest BCUT2D eigenvalue weighted by molar-refractivity contribution is 5.71. The molecular formula is C35H50N2O8. The van der Waals surface area contributed by atoms with E-state index in [1.54, 1.807) is 14.2 Å². The van der Waals surface area contributed by atoms with Gasteiger partial charge in [-0.25, -0.2) is 9.59 Å². The van der Waals surface area contributed by atoms with Gasteiger partial charge in [-0.3, -0.25) is 0 Å². The molecular weight excluding hydrogens is 576 g/mol. The monoisotopic (exact) mass is 626 g/mol. The number of hydrogen-bond acceptors (Lipinski definition) is 8. The van der Waals surface area contributed by atoms with Crippen molar-refractivity contribution in [3.8, 4) is 5.75 Å². The lowest BCUT2D eigenvalue weighted by Crippen LogP contribution is -2.57. The van der Waals surface area contributed by atoms with Crippen LogP contribution in [0.2, 0.25) is 0 Å². The molecule has 4 rings (SSSR count). The van der Waals surface area contributed by atoms with Crippen molar-refractivity contribution in [2.75, 3.05) is 67.0 Å². The third kappa shape index (κ3) is 10.4. The highest BCUT2D eigenvalue weighted by atomic mass is 16.6. The van der Waals surface area contributed by atoms with Crippen LogP contribution in [0, 0.1) is 5.92 Å². The molecule has 45 heavy (non-hydrogen) atoms. The Morgan fingerprint density at radius 2 is 1.62 bits per heavy atom. The average Bonchev–Trinajstić information content (AvgIpc) is 3.04. The SMILES string of the molecule is COCCOCCOCCOCCN(C)C(=O)Oc1ccc2c(c1)[C@@]1(C)CCCCC[C@@H](C2)[C@@H]1NC(=O)OCc1ccccc1. The molecule has 0 aliphatic heterocycles. The standard InChI is InChI=1S/C35H50N2O8/c1-35-15-9-5-8-12-29(32(35)36-33(38)44-26-27-10-6-4-7-11-27)24-28-13-14-30(25-31(28)35)45-34(39)37(2)16-17-41-20-21-43-23-22-42-19-18-40-3/h4,6-7,10-11,13-14,25,29,32H,5,8-9,12,15-24,26H2,1-3H3,(H,36,38)/t29-,32-,35+/m0/s1. The predicted molar refractivity (Wildman–Crippen MR) is 171 cm³/mol. The van der Waals surface area contributed by atoms with Crippen molar-refractivity contribution in [1.29, 1.82) is 0 Å². The van der Waals surface area contributed by atoms with E-state index in [2.05, 4.69) is 18.3 Å². The number of likely N-dealkylation sites (N-methyl/N-ethyl adjacent to an activating group) is 1. The van der Waals surface area contributed by atoms with Gasteiger partial charge in [-0.05, 0) is 54.0 Å². The zero-order chi connectivity index (χ0) is 31.9. The predicted octanol–water partition coefficient (Wildman–Crippen LogP) is 5.50. The Morgan fingerprint density at radius 1 is 0.911 bits per heavy atom. The fourth-order valence-corrected chi connectivity index (χ4v) is 6.38. The molecule has 10 heteroatoms. The number of hydrogen-bond donors (Lipinski definition) is 1. The summed E-state index contributed by atoms with van der Waals surface area (Å²) in [7, 11) is 3.33. The summed E-state index contributed by atoms with van der Waals surface area (Å²) in [5.74, 6) is 0.811. The van der Waals surface area contributed by atoms with E-state index in [9.17, 15) is 9.59 Å². The molecule has 1 N–H and O–H groups in total. The molecule has 0 aromatic heterocycles. The fourth-order valence-electron chi connectivity index (χ4n) is 6.38. The molecule has 2 amide bonds. The number of benzene rings is 2. The molecule has 10 nitrogen and oxygen atoms in total. The second kappa shape index (κ2) is 18.1. The first kappa shape index (κ1) is 34.7. The van der Waals surface area contributed by atoms with Crippen LogP contribution in [-0.4, -0.2) is 90.1 Å². The van der Waals surface area contributed by atoms with Crippen molar-refractivity contribution in [1.82, 2.24) is 10.2 Å². The second-order valence-corrected chi connectivity index (χ2v) is 12.1. The Labute approximate surface area is 267 Å². The number of nitrogens with one attached hydrogen (secondary N) is 1. The van der Waals surface area contributed by atoms with Gasteiger partial charge in [0.2, 0.25) is 0 Å². The van der Waals surface area contributed by atoms with Crippen molar-refractivity contribution in [3.63, 3.8) is 0 Å². The lowest BCUT2D eigenvalue weighted by molar-refractivity contribution is 0.00209. The van der Waals surface area contributed by atoms with E-state index in [0.29, 0.717) is 64.5 Å². The van der Waals surface area contributed by atoms with Gasteiger partial charge in [0.15, 0.2) is 0 Å². The summed E-state index contributed by atoms with van der Waals surface area (Å²) in [5.41, 5.74) is 3.03. The van der Waals surface area contributed by atoms with E-state index in [4.69, 9.17) is 28.4 Å². The van der Waals surface area contributed by atoms with E-state index in [1.807, 2.05) is 42.5 Å². The molecule has 1 fully saturated rings. The van der Waals surface area contributed by atoms with Crippen LogP contribution in [0.1, 0.15) is 55.7 Å². The first-order chi connectivity index (χ1) is 21.9. The van der Waals surface area contributed by atoms with Crippen molar-refractivity contribution in [3.05, 3.63) is 65.2 Å². The minimum atomic E-state index is -0.446. The Hall–Kier alpha value is -3.18. The molecule has 2 aliphatic carbocycles. The number of alkyl carbamates (subject to hydrolysis) is 1. The molecule has 2 aromatic carbocycles. The van der Waals surface area contributed by atoms with Crippen LogP contribution < -0.4 is 10.1 Å². The fraction of sp³-hybridized carbons (Fsp3) is 0.600. The lowest BCUT2D eigenvalue weighted by Gasteiger charge is -2.49. The van der Waals surface area contributed by atoms with Crippen molar-refractivity contribution in [2.45, 2.75) is 63.5 Å². The molecule has 0 spiro atoms. The van der Waals surface area contributed by atoms with Crippen LogP contribution in [0.3, 0.4) is 0 Å². The first-order valence-electron chi connectivity index (χ1n) is 16.2. The number of amides is 2. The summed E-state index contributed by atoms with van der Waals surface area (Å²) in [4.78, 5) is 27.5. The zero-order valence-corrected chi connectivity index (χ0v) is 27.1. The number of methoxy groups -OCH3 is 1. The summed E-state index contributed by atoms with van der Waals surface area (Å²) in [5, 5.41) is 3.26. The zero-order valence-electron chi connectivity index (χ0n) is 27.1. The third-order valence-electron chi connectivity index (χ3n) is 8.86. The number of carbonyl (C=O) groups is 2. The van der Waals surface area contributed by atoms with Gasteiger partial charge in [-0.2, -0.15) is 0 Å². The quantitative estimate of drug-likeness (QED) is 0.244. The Balaban J connectivity index is 1.29. The molecule has 2 aliphatic rings. The maximum Gasteiger partial charge on any atom is 0.415 e. The maximum absolute atomic E-state index is 13.0. The second-order valence-electron chi connectivity index (χ2n) is 12.1. The molecule has 0 unspecified atom stereocenters. The third-order valence-corrected chi connectivity index (χ3v) is 8.86. The van der Waals surface area contributed by atoms with Crippen molar-refractivity contribution in [2.24, 2.45) is 5.92 Å². The van der Waals surface area contributed by atoms with E-state index in [0.717, 1.165) is 43.2 Å². The van der Waals surface area contributed by atoms with Crippen LogP contribution in [0.4, 0.5) is 9.59 Å². The van der Waals surface area contributed by atoms with Crippen LogP contribution >= 0.6 is 0 Å². The summed E-state index contributed by atoms with van der Waals surface area (Å²) in [6.07, 6.45) is 5.40. The highest BCUT2D eigenvalue weighted by Gasteiger charge is 2.47. The Kier molecular flexibility index (Phi) is 13.9. The van der Waals surface area contributed by atoms with Gasteiger partial charge in [0.1, 0.15) is 12.4 Å².